The number of nitrogens with zero attached hydrogens (tertiary/aromatic N) is 3. The van der Waals surface area contributed by atoms with Gasteiger partial charge in [0, 0.05) is 30.9 Å². The molecule has 0 radical (unpaired) electrons. The number of anilines is 1. The van der Waals surface area contributed by atoms with E-state index in [-0.39, 0.29) is 5.41 Å². The summed E-state index contributed by atoms with van der Waals surface area (Å²) in [5.74, 6) is 3.72. The molecular formula is C28H41N3. The smallest absolute Gasteiger partial charge is 0.0568 e. The van der Waals surface area contributed by atoms with E-state index < -0.39 is 0 Å². The molecule has 4 aliphatic carbocycles. The van der Waals surface area contributed by atoms with Crippen LogP contribution in [0.25, 0.3) is 0 Å². The van der Waals surface area contributed by atoms with Gasteiger partial charge in [0.05, 0.1) is 6.21 Å². The van der Waals surface area contributed by atoms with Crippen molar-refractivity contribution in [2.45, 2.75) is 78.1 Å². The third-order valence-electron chi connectivity index (χ3n) is 10.1. The van der Waals surface area contributed by atoms with Gasteiger partial charge in [-0.05, 0) is 98.1 Å². The fraction of sp³-hybridized carbons (Fsp3) is 0.714. The van der Waals surface area contributed by atoms with Crippen LogP contribution in [-0.2, 0) is 0 Å². The van der Waals surface area contributed by atoms with Gasteiger partial charge in [-0.15, -0.1) is 0 Å². The maximum absolute atomic E-state index is 4.84. The van der Waals surface area contributed by atoms with Gasteiger partial charge in [0.25, 0.3) is 0 Å². The molecule has 0 heterocycles. The van der Waals surface area contributed by atoms with Gasteiger partial charge in [0.1, 0.15) is 0 Å². The lowest BCUT2D eigenvalue weighted by molar-refractivity contribution is -0.0936. The van der Waals surface area contributed by atoms with E-state index in [0.29, 0.717) is 5.41 Å². The van der Waals surface area contributed by atoms with Crippen molar-refractivity contribution < 1.29 is 0 Å². The minimum Gasteiger partial charge on any atom is -0.378 e. The molecule has 0 bridgehead atoms. The van der Waals surface area contributed by atoms with Gasteiger partial charge in [-0.2, -0.15) is 10.2 Å². The van der Waals surface area contributed by atoms with Crippen LogP contribution in [-0.4, -0.2) is 26.0 Å². The van der Waals surface area contributed by atoms with E-state index in [1.165, 1.54) is 69.2 Å². The molecule has 3 heteroatoms. The van der Waals surface area contributed by atoms with Crippen LogP contribution in [0.5, 0.6) is 0 Å². The first-order valence-electron chi connectivity index (χ1n) is 12.8. The average Bonchev–Trinajstić information content (AvgIpc) is 3.10. The lowest BCUT2D eigenvalue weighted by atomic mass is 9.45. The molecule has 168 valence electrons. The van der Waals surface area contributed by atoms with Crippen molar-refractivity contribution in [3.05, 3.63) is 29.8 Å². The van der Waals surface area contributed by atoms with Gasteiger partial charge in [-0.25, -0.2) is 0 Å². The Kier molecular flexibility index (Phi) is 5.51. The van der Waals surface area contributed by atoms with Crippen LogP contribution in [0.15, 0.2) is 34.5 Å². The Morgan fingerprint density at radius 3 is 2.48 bits per heavy atom. The van der Waals surface area contributed by atoms with Crippen molar-refractivity contribution in [2.24, 2.45) is 44.7 Å². The lowest BCUT2D eigenvalue weighted by Crippen LogP contribution is -2.52. The minimum absolute atomic E-state index is 0.283. The summed E-state index contributed by atoms with van der Waals surface area (Å²) in [6, 6.07) is 8.55. The zero-order valence-electron chi connectivity index (χ0n) is 20.1. The Morgan fingerprint density at radius 2 is 1.71 bits per heavy atom. The Balaban J connectivity index is 1.32. The summed E-state index contributed by atoms with van der Waals surface area (Å²) in [6.07, 6.45) is 16.1. The summed E-state index contributed by atoms with van der Waals surface area (Å²) in [7, 11) is 4.14. The summed E-state index contributed by atoms with van der Waals surface area (Å²) in [6.45, 7) is 5.20. The second-order valence-electron chi connectivity index (χ2n) is 11.7. The van der Waals surface area contributed by atoms with Gasteiger partial charge in [0.2, 0.25) is 0 Å². The largest absolute Gasteiger partial charge is 0.378 e. The van der Waals surface area contributed by atoms with E-state index in [0.717, 1.165) is 35.7 Å². The second-order valence-corrected chi connectivity index (χ2v) is 11.7. The van der Waals surface area contributed by atoms with Crippen LogP contribution in [0, 0.1) is 34.5 Å². The molecule has 0 saturated heterocycles. The maximum Gasteiger partial charge on any atom is 0.0568 e. The molecule has 0 unspecified atom stereocenters. The monoisotopic (exact) mass is 419 g/mol. The molecule has 1 aromatic rings. The predicted octanol–water partition coefficient (Wildman–Crippen LogP) is 6.96. The third-order valence-corrected chi connectivity index (χ3v) is 10.1. The summed E-state index contributed by atoms with van der Waals surface area (Å²) < 4.78 is 0. The molecule has 4 aliphatic rings. The van der Waals surface area contributed by atoms with Crippen LogP contribution in [0.1, 0.15) is 83.6 Å². The average molecular weight is 420 g/mol. The van der Waals surface area contributed by atoms with Crippen molar-refractivity contribution in [3.63, 3.8) is 0 Å². The molecular weight excluding hydrogens is 378 g/mol. The first kappa shape index (κ1) is 21.2. The van der Waals surface area contributed by atoms with Gasteiger partial charge in [-0.3, -0.25) is 0 Å². The molecule has 31 heavy (non-hydrogen) atoms. The molecule has 0 N–H and O–H groups in total. The first-order chi connectivity index (χ1) is 14.9. The highest BCUT2D eigenvalue weighted by atomic mass is 15.2. The first-order valence-corrected chi connectivity index (χ1v) is 12.8. The summed E-state index contributed by atoms with van der Waals surface area (Å²) in [5.41, 5.74) is 4.63. The third kappa shape index (κ3) is 3.56. The van der Waals surface area contributed by atoms with E-state index in [2.05, 4.69) is 62.2 Å². The molecule has 0 aliphatic heterocycles. The van der Waals surface area contributed by atoms with Crippen molar-refractivity contribution >= 4 is 17.6 Å². The van der Waals surface area contributed by atoms with Crippen molar-refractivity contribution in [3.8, 4) is 0 Å². The fourth-order valence-corrected chi connectivity index (χ4v) is 8.27. The van der Waals surface area contributed by atoms with E-state index in [1.807, 2.05) is 6.21 Å². The van der Waals surface area contributed by atoms with E-state index in [1.54, 1.807) is 0 Å². The van der Waals surface area contributed by atoms with Crippen molar-refractivity contribution in [1.82, 2.24) is 0 Å². The molecule has 5 rings (SSSR count). The zero-order valence-corrected chi connectivity index (χ0v) is 20.1. The topological polar surface area (TPSA) is 28.0 Å². The van der Waals surface area contributed by atoms with Crippen LogP contribution in [0.3, 0.4) is 0 Å². The second kappa shape index (κ2) is 8.05. The molecule has 0 amide bonds. The Labute approximate surface area is 189 Å². The molecule has 4 saturated carbocycles. The van der Waals surface area contributed by atoms with Gasteiger partial charge < -0.3 is 4.90 Å². The van der Waals surface area contributed by atoms with Crippen LogP contribution >= 0.6 is 0 Å². The van der Waals surface area contributed by atoms with Crippen LogP contribution in [0.4, 0.5) is 5.69 Å². The van der Waals surface area contributed by atoms with Gasteiger partial charge in [0.15, 0.2) is 0 Å². The molecule has 0 aromatic heterocycles. The SMILES string of the molecule is CN(C)c1ccc(C=NN=C2CC[C@@H]3[C@H]4CC[C@H]5CCCC[C@]5(C)[C@@H]4CC[C@@]23C)cc1. The van der Waals surface area contributed by atoms with Crippen molar-refractivity contribution in [2.75, 3.05) is 19.0 Å². The Hall–Kier alpha value is -1.64. The lowest BCUT2D eigenvalue weighted by Gasteiger charge is -2.59. The highest BCUT2D eigenvalue weighted by Gasteiger charge is 2.58. The molecule has 3 nitrogen and oxygen atoms in total. The van der Waals surface area contributed by atoms with Crippen molar-refractivity contribution in [1.29, 1.82) is 0 Å². The van der Waals surface area contributed by atoms with E-state index in [9.17, 15) is 0 Å². The van der Waals surface area contributed by atoms with Crippen LogP contribution in [0.2, 0.25) is 0 Å². The normalized spacial score (nSPS) is 41.1. The number of fused-ring (bicyclic) bond motifs is 5. The number of hydrogen-bond acceptors (Lipinski definition) is 3. The number of hydrogen-bond donors (Lipinski definition) is 0. The molecule has 6 atom stereocenters. The highest BCUT2D eigenvalue weighted by Crippen LogP contribution is 2.65. The van der Waals surface area contributed by atoms with Crippen LogP contribution < -0.4 is 4.90 Å². The number of rotatable bonds is 3. The Morgan fingerprint density at radius 1 is 0.903 bits per heavy atom. The molecule has 0 spiro atoms. The highest BCUT2D eigenvalue weighted by molar-refractivity contribution is 5.93. The summed E-state index contributed by atoms with van der Waals surface area (Å²) in [4.78, 5) is 2.12. The standard InChI is InChI=1S/C28H41N3/c1-27-17-6-5-7-21(27)10-13-23-24-14-15-26(28(24,2)18-16-25(23)27)30-29-19-20-8-11-22(12-9-20)31(3)4/h8-9,11-12,19,21,23-25H,5-7,10,13-18H2,1-4H3/t21-,23-,24-,25-,27+,28-/m1/s1. The fourth-order valence-electron chi connectivity index (χ4n) is 8.27. The molecule has 4 fully saturated rings. The van der Waals surface area contributed by atoms with Gasteiger partial charge >= 0.3 is 0 Å². The predicted molar refractivity (Wildman–Crippen MR) is 132 cm³/mol. The molecule has 1 aromatic carbocycles. The summed E-state index contributed by atoms with van der Waals surface area (Å²) in [5, 5.41) is 9.41. The quantitative estimate of drug-likeness (QED) is 0.384. The van der Waals surface area contributed by atoms with E-state index in [4.69, 9.17) is 5.10 Å². The Bertz CT molecular complexity index is 854. The summed E-state index contributed by atoms with van der Waals surface area (Å²) >= 11 is 0. The number of benzene rings is 1. The van der Waals surface area contributed by atoms with Gasteiger partial charge in [-0.1, -0.05) is 38.8 Å². The van der Waals surface area contributed by atoms with E-state index >= 15 is 0 Å². The maximum atomic E-state index is 4.84. The zero-order chi connectivity index (χ0) is 21.6. The minimum atomic E-state index is 0.283.